The van der Waals surface area contributed by atoms with Gasteiger partial charge in [-0.1, -0.05) is 29.8 Å². The largest absolute Gasteiger partial charge is 0.379 e. The number of nitro groups is 1. The maximum absolute atomic E-state index is 12.4. The number of anilines is 1. The third-order valence-corrected chi connectivity index (χ3v) is 5.33. The van der Waals surface area contributed by atoms with Crippen LogP contribution in [0.4, 0.5) is 11.4 Å². The fourth-order valence-electron chi connectivity index (χ4n) is 3.27. The van der Waals surface area contributed by atoms with Gasteiger partial charge in [-0.15, -0.1) is 0 Å². The standard InChI is InChI=1S/C22H26ClN3O5/c23-19-7-2-1-5-17(19)14-25-20-9-8-16(13-21(20)26(28)29)22(27)24-10-4-11-30-15-18-6-3-12-31-18/h1-2,5,7-9,13,18,25H,3-4,6,10-12,14-15H2,(H,24,27). The van der Waals surface area contributed by atoms with Gasteiger partial charge < -0.3 is 20.1 Å². The van der Waals surface area contributed by atoms with Crippen molar-refractivity contribution in [1.82, 2.24) is 5.32 Å². The molecule has 0 spiro atoms. The van der Waals surface area contributed by atoms with E-state index in [-0.39, 0.29) is 23.3 Å². The molecular weight excluding hydrogens is 422 g/mol. The van der Waals surface area contributed by atoms with Gasteiger partial charge in [0.1, 0.15) is 5.69 Å². The molecule has 1 heterocycles. The Kier molecular flexibility index (Phi) is 8.63. The Hall–Kier alpha value is -2.68. The van der Waals surface area contributed by atoms with Crippen LogP contribution in [-0.4, -0.2) is 43.3 Å². The third-order valence-electron chi connectivity index (χ3n) is 4.96. The molecule has 1 aliphatic rings. The first-order valence-electron chi connectivity index (χ1n) is 10.3. The van der Waals surface area contributed by atoms with Gasteiger partial charge >= 0.3 is 0 Å². The van der Waals surface area contributed by atoms with Crippen molar-refractivity contribution in [3.05, 3.63) is 68.7 Å². The second kappa shape index (κ2) is 11.6. The lowest BCUT2D eigenvalue weighted by Crippen LogP contribution is -2.25. The van der Waals surface area contributed by atoms with E-state index in [0.717, 1.165) is 25.0 Å². The molecule has 9 heteroatoms. The van der Waals surface area contributed by atoms with E-state index >= 15 is 0 Å². The molecule has 0 radical (unpaired) electrons. The van der Waals surface area contributed by atoms with Gasteiger partial charge in [-0.25, -0.2) is 0 Å². The average molecular weight is 448 g/mol. The molecule has 1 saturated heterocycles. The number of benzene rings is 2. The topological polar surface area (TPSA) is 103 Å². The van der Waals surface area contributed by atoms with Crippen LogP contribution in [0.25, 0.3) is 0 Å². The molecular formula is C22H26ClN3O5. The lowest BCUT2D eigenvalue weighted by molar-refractivity contribution is -0.384. The van der Waals surface area contributed by atoms with Gasteiger partial charge in [0.15, 0.2) is 0 Å². The summed E-state index contributed by atoms with van der Waals surface area (Å²) in [6, 6.07) is 11.6. The molecule has 0 bridgehead atoms. The van der Waals surface area contributed by atoms with Crippen molar-refractivity contribution in [3.63, 3.8) is 0 Å². The fraction of sp³-hybridized carbons (Fsp3) is 0.409. The average Bonchev–Trinajstić information content (AvgIpc) is 3.29. The zero-order chi connectivity index (χ0) is 22.1. The van der Waals surface area contributed by atoms with E-state index in [9.17, 15) is 14.9 Å². The molecule has 3 rings (SSSR count). The summed E-state index contributed by atoms with van der Waals surface area (Å²) in [5.41, 5.74) is 1.21. The number of amides is 1. The Morgan fingerprint density at radius 3 is 2.87 bits per heavy atom. The van der Waals surface area contributed by atoms with Crippen LogP contribution < -0.4 is 10.6 Å². The summed E-state index contributed by atoms with van der Waals surface area (Å²) in [6.45, 7) is 2.64. The molecule has 0 aliphatic carbocycles. The molecule has 166 valence electrons. The van der Waals surface area contributed by atoms with E-state index in [0.29, 0.717) is 43.4 Å². The predicted octanol–water partition coefficient (Wildman–Crippen LogP) is 4.18. The number of halogens is 1. The van der Waals surface area contributed by atoms with Gasteiger partial charge in [0.05, 0.1) is 17.6 Å². The number of nitro benzene ring substituents is 1. The molecule has 1 atom stereocenters. The van der Waals surface area contributed by atoms with E-state index in [1.54, 1.807) is 12.1 Å². The second-order valence-corrected chi connectivity index (χ2v) is 7.66. The summed E-state index contributed by atoms with van der Waals surface area (Å²) in [5, 5.41) is 17.9. The van der Waals surface area contributed by atoms with Crippen molar-refractivity contribution in [3.8, 4) is 0 Å². The molecule has 31 heavy (non-hydrogen) atoms. The highest BCUT2D eigenvalue weighted by Gasteiger charge is 2.18. The van der Waals surface area contributed by atoms with Gasteiger partial charge in [0.2, 0.25) is 0 Å². The number of carbonyl (C=O) groups is 1. The first-order valence-corrected chi connectivity index (χ1v) is 10.7. The lowest BCUT2D eigenvalue weighted by atomic mass is 10.1. The Morgan fingerprint density at radius 2 is 2.13 bits per heavy atom. The third kappa shape index (κ3) is 6.92. The summed E-state index contributed by atoms with van der Waals surface area (Å²) in [5.74, 6) is -0.361. The van der Waals surface area contributed by atoms with Crippen molar-refractivity contribution >= 4 is 28.9 Å². The summed E-state index contributed by atoms with van der Waals surface area (Å²) in [4.78, 5) is 23.4. The quantitative estimate of drug-likeness (QED) is 0.304. The predicted molar refractivity (Wildman–Crippen MR) is 119 cm³/mol. The Morgan fingerprint density at radius 1 is 1.29 bits per heavy atom. The highest BCUT2D eigenvalue weighted by molar-refractivity contribution is 6.31. The molecule has 2 N–H and O–H groups in total. The molecule has 1 unspecified atom stereocenters. The molecule has 0 saturated carbocycles. The molecule has 1 aliphatic heterocycles. The van der Waals surface area contributed by atoms with Crippen LogP contribution in [0.1, 0.15) is 35.2 Å². The zero-order valence-electron chi connectivity index (χ0n) is 17.1. The number of hydrogen-bond acceptors (Lipinski definition) is 6. The maximum atomic E-state index is 12.4. The van der Waals surface area contributed by atoms with Gasteiger partial charge in [-0.2, -0.15) is 0 Å². The first kappa shape index (κ1) is 23.0. The second-order valence-electron chi connectivity index (χ2n) is 7.25. The SMILES string of the molecule is O=C(NCCCOCC1CCCO1)c1ccc(NCc2ccccc2Cl)c([N+](=O)[O-])c1. The molecule has 1 amide bonds. The van der Waals surface area contributed by atoms with Crippen LogP contribution in [0.5, 0.6) is 0 Å². The van der Waals surface area contributed by atoms with E-state index in [1.807, 2.05) is 18.2 Å². The molecule has 2 aromatic carbocycles. The summed E-state index contributed by atoms with van der Waals surface area (Å²) >= 11 is 6.13. The van der Waals surface area contributed by atoms with Crippen LogP contribution in [0.3, 0.4) is 0 Å². The van der Waals surface area contributed by atoms with Crippen LogP contribution >= 0.6 is 11.6 Å². The summed E-state index contributed by atoms with van der Waals surface area (Å²) in [6.07, 6.45) is 2.93. The van der Waals surface area contributed by atoms with E-state index in [4.69, 9.17) is 21.1 Å². The van der Waals surface area contributed by atoms with Crippen molar-refractivity contribution in [2.24, 2.45) is 0 Å². The minimum absolute atomic E-state index is 0.167. The number of carbonyl (C=O) groups excluding carboxylic acids is 1. The van der Waals surface area contributed by atoms with Crippen LogP contribution in [-0.2, 0) is 16.0 Å². The monoisotopic (exact) mass is 447 g/mol. The van der Waals surface area contributed by atoms with E-state index in [1.165, 1.54) is 12.1 Å². The van der Waals surface area contributed by atoms with E-state index in [2.05, 4.69) is 10.6 Å². The minimum atomic E-state index is -0.509. The van der Waals surface area contributed by atoms with Crippen molar-refractivity contribution in [1.29, 1.82) is 0 Å². The number of nitrogens with zero attached hydrogens (tertiary/aromatic N) is 1. The van der Waals surface area contributed by atoms with Gasteiger partial charge in [0, 0.05) is 43.0 Å². The normalized spacial score (nSPS) is 15.6. The fourth-order valence-corrected chi connectivity index (χ4v) is 3.48. The smallest absolute Gasteiger partial charge is 0.293 e. The van der Waals surface area contributed by atoms with Crippen LogP contribution in [0.2, 0.25) is 5.02 Å². The number of rotatable bonds is 11. The Balaban J connectivity index is 1.49. The number of nitrogens with one attached hydrogen (secondary N) is 2. The zero-order valence-corrected chi connectivity index (χ0v) is 17.9. The van der Waals surface area contributed by atoms with Gasteiger partial charge in [-0.05, 0) is 43.0 Å². The first-order chi connectivity index (χ1) is 15.0. The van der Waals surface area contributed by atoms with Gasteiger partial charge in [-0.3, -0.25) is 14.9 Å². The van der Waals surface area contributed by atoms with E-state index < -0.39 is 4.92 Å². The van der Waals surface area contributed by atoms with Crippen LogP contribution in [0.15, 0.2) is 42.5 Å². The maximum Gasteiger partial charge on any atom is 0.293 e. The Labute approximate surface area is 186 Å². The lowest BCUT2D eigenvalue weighted by Gasteiger charge is -2.11. The minimum Gasteiger partial charge on any atom is -0.379 e. The van der Waals surface area contributed by atoms with Crippen molar-refractivity contribution in [2.45, 2.75) is 31.9 Å². The molecule has 0 aromatic heterocycles. The number of hydrogen-bond donors (Lipinski definition) is 2. The highest BCUT2D eigenvalue weighted by Crippen LogP contribution is 2.27. The highest BCUT2D eigenvalue weighted by atomic mass is 35.5. The summed E-state index contributed by atoms with van der Waals surface area (Å²) < 4.78 is 11.0. The number of ether oxygens (including phenoxy) is 2. The Bertz CT molecular complexity index is 902. The van der Waals surface area contributed by atoms with Crippen LogP contribution in [0, 0.1) is 10.1 Å². The van der Waals surface area contributed by atoms with Crippen molar-refractivity contribution in [2.75, 3.05) is 31.7 Å². The molecule has 8 nitrogen and oxygen atoms in total. The summed E-state index contributed by atoms with van der Waals surface area (Å²) in [7, 11) is 0. The van der Waals surface area contributed by atoms with Gasteiger partial charge in [0.25, 0.3) is 11.6 Å². The molecule has 1 fully saturated rings. The molecule has 2 aromatic rings. The van der Waals surface area contributed by atoms with Crippen molar-refractivity contribution < 1.29 is 19.2 Å².